The van der Waals surface area contributed by atoms with Crippen molar-refractivity contribution in [2.75, 3.05) is 0 Å². The van der Waals surface area contributed by atoms with Crippen LogP contribution < -0.4 is 6.15 Å². The van der Waals surface area contributed by atoms with Crippen molar-refractivity contribution in [1.82, 2.24) is 6.15 Å². The van der Waals surface area contributed by atoms with Crippen molar-refractivity contribution in [3.8, 4) is 0 Å². The van der Waals surface area contributed by atoms with Gasteiger partial charge >= 0.3 is 33.1 Å². The summed E-state index contributed by atoms with van der Waals surface area (Å²) in [7, 11) is -7.03. The molecule has 13 heteroatoms. The van der Waals surface area contributed by atoms with E-state index in [1.807, 2.05) is 0 Å². The third kappa shape index (κ3) is 4.44. The largest absolute Gasteiger partial charge is 0.438 e. The van der Waals surface area contributed by atoms with E-state index in [0.29, 0.717) is 12.8 Å². The van der Waals surface area contributed by atoms with Crippen molar-refractivity contribution >= 4 is 10.1 Å². The molecule has 0 rings (SSSR count). The molecule has 0 aromatic heterocycles. The second kappa shape index (κ2) is 7.47. The second-order valence-electron chi connectivity index (χ2n) is 4.66. The highest BCUT2D eigenvalue weighted by Gasteiger charge is 2.84. The number of unbranched alkanes of at least 4 members (excludes halogenated alkanes) is 3. The van der Waals surface area contributed by atoms with Gasteiger partial charge in [-0.05, 0) is 6.42 Å². The molecule has 0 saturated carbocycles. The van der Waals surface area contributed by atoms with Gasteiger partial charge in [0, 0.05) is 6.42 Å². The summed E-state index contributed by atoms with van der Waals surface area (Å²) in [6, 6.07) is 0. The molecule has 0 fully saturated rings. The van der Waals surface area contributed by atoms with Crippen LogP contribution in [0.5, 0.6) is 0 Å². The molecule has 0 aliphatic rings. The summed E-state index contributed by atoms with van der Waals surface area (Å²) in [5.41, 5.74) is 0. The van der Waals surface area contributed by atoms with E-state index >= 15 is 0 Å². The van der Waals surface area contributed by atoms with Gasteiger partial charge in [0.15, 0.2) is 0 Å². The Bertz CT molecular complexity index is 480. The van der Waals surface area contributed by atoms with E-state index in [-0.39, 0.29) is 12.6 Å². The molecule has 4 nitrogen and oxygen atoms in total. The number of hydrogen-bond donors (Lipinski definition) is 2. The Balaban J connectivity index is 0. The lowest BCUT2D eigenvalue weighted by Gasteiger charge is -2.35. The lowest BCUT2D eigenvalue weighted by atomic mass is 9.98. The van der Waals surface area contributed by atoms with Crippen molar-refractivity contribution in [2.45, 2.75) is 62.0 Å². The van der Waals surface area contributed by atoms with Crippen LogP contribution in [0.25, 0.3) is 0 Å². The number of halogens is 8. The zero-order valence-corrected chi connectivity index (χ0v) is 12.8. The zero-order chi connectivity index (χ0) is 18.0. The lowest BCUT2D eigenvalue weighted by Crippen LogP contribution is -2.64. The summed E-state index contributed by atoms with van der Waals surface area (Å²) in [5, 5.41) is -6.77. The molecule has 0 amide bonds. The Hall–Kier alpha value is -0.690. The van der Waals surface area contributed by atoms with E-state index in [2.05, 4.69) is 0 Å². The Labute approximate surface area is 127 Å². The van der Waals surface area contributed by atoms with Crippen LogP contribution in [0.2, 0.25) is 0 Å². The first kappa shape index (κ1) is 24.6. The van der Waals surface area contributed by atoms with Crippen molar-refractivity contribution in [1.29, 1.82) is 0 Å². The molecule has 0 saturated heterocycles. The van der Waals surface area contributed by atoms with Gasteiger partial charge in [0.05, 0.1) is 0 Å². The first-order valence-corrected chi connectivity index (χ1v) is 7.48. The van der Waals surface area contributed by atoms with Crippen LogP contribution in [0.4, 0.5) is 35.1 Å². The van der Waals surface area contributed by atoms with Gasteiger partial charge in [0.1, 0.15) is 0 Å². The van der Waals surface area contributed by atoms with Gasteiger partial charge in [-0.25, -0.2) is 0 Å². The smallest absolute Gasteiger partial charge is 0.344 e. The molecule has 0 spiro atoms. The van der Waals surface area contributed by atoms with Gasteiger partial charge in [-0.2, -0.15) is 43.5 Å². The van der Waals surface area contributed by atoms with Crippen LogP contribution in [0.3, 0.4) is 0 Å². The maximum atomic E-state index is 13.2. The maximum Gasteiger partial charge on any atom is 0.438 e. The Morgan fingerprint density at radius 2 is 1.26 bits per heavy atom. The number of alkyl halides is 8. The van der Waals surface area contributed by atoms with Gasteiger partial charge < -0.3 is 6.15 Å². The second-order valence-corrected chi connectivity index (χ2v) is 6.12. The molecule has 0 aliphatic heterocycles. The Morgan fingerprint density at radius 1 is 0.826 bits per heavy atom. The van der Waals surface area contributed by atoms with E-state index in [4.69, 9.17) is 4.55 Å². The SMILES string of the molecule is CCCCCCC(F)(F)C(F)(F)C(F)(F)C(F)(F)S(=O)(=O)O.N. The predicted octanol–water partition coefficient (Wildman–Crippen LogP) is 4.51. The van der Waals surface area contributed by atoms with Crippen LogP contribution in [-0.4, -0.2) is 36.0 Å². The van der Waals surface area contributed by atoms with Gasteiger partial charge in [-0.1, -0.05) is 26.2 Å². The molecule has 23 heavy (non-hydrogen) atoms. The zero-order valence-electron chi connectivity index (χ0n) is 11.9. The van der Waals surface area contributed by atoms with Crippen molar-refractivity contribution in [3.63, 3.8) is 0 Å². The van der Waals surface area contributed by atoms with Gasteiger partial charge in [-0.3, -0.25) is 4.55 Å². The molecule has 0 aliphatic carbocycles. The normalized spacial score (nSPS) is 14.5. The van der Waals surface area contributed by atoms with Crippen molar-refractivity contribution in [2.24, 2.45) is 0 Å². The van der Waals surface area contributed by atoms with Crippen LogP contribution >= 0.6 is 0 Å². The van der Waals surface area contributed by atoms with Gasteiger partial charge in [0.25, 0.3) is 0 Å². The van der Waals surface area contributed by atoms with Gasteiger partial charge in [-0.15, -0.1) is 0 Å². The molecule has 0 heterocycles. The molecule has 0 radical (unpaired) electrons. The summed E-state index contributed by atoms with van der Waals surface area (Å²) in [6.45, 7) is 1.65. The average molecular weight is 383 g/mol. The highest BCUT2D eigenvalue weighted by atomic mass is 32.2. The minimum Gasteiger partial charge on any atom is -0.344 e. The van der Waals surface area contributed by atoms with Gasteiger partial charge in [0.2, 0.25) is 0 Å². The summed E-state index contributed by atoms with van der Waals surface area (Å²) >= 11 is 0. The van der Waals surface area contributed by atoms with Crippen molar-refractivity contribution < 1.29 is 48.1 Å². The van der Waals surface area contributed by atoms with Crippen LogP contribution in [0, 0.1) is 0 Å². The van der Waals surface area contributed by atoms with E-state index in [1.165, 1.54) is 0 Å². The first-order chi connectivity index (χ1) is 9.56. The fraction of sp³-hybridized carbons (Fsp3) is 1.00. The van der Waals surface area contributed by atoms with E-state index in [9.17, 15) is 43.5 Å². The number of rotatable bonds is 9. The lowest BCUT2D eigenvalue weighted by molar-refractivity contribution is -0.349. The predicted molar refractivity (Wildman–Crippen MR) is 65.1 cm³/mol. The molecule has 0 aromatic carbocycles. The Morgan fingerprint density at radius 3 is 1.61 bits per heavy atom. The third-order valence-electron chi connectivity index (χ3n) is 2.89. The summed E-state index contributed by atoms with van der Waals surface area (Å²) in [4.78, 5) is 0. The van der Waals surface area contributed by atoms with Crippen LogP contribution in [0.1, 0.15) is 39.0 Å². The molecule has 142 valence electrons. The van der Waals surface area contributed by atoms with E-state index in [1.54, 1.807) is 6.92 Å². The molecular weight excluding hydrogens is 366 g/mol. The number of hydrogen-bond acceptors (Lipinski definition) is 3. The standard InChI is InChI=1S/C10H14F8O3S.H3N/c1-2-3-4-5-6-7(11,12)8(13,14)9(15,16)10(17,18)22(19,20)21;/h2-6H2,1H3,(H,19,20,21);1H3. The molecule has 0 atom stereocenters. The summed E-state index contributed by atoms with van der Waals surface area (Å²) in [5.74, 6) is -19.3. The first-order valence-electron chi connectivity index (χ1n) is 6.04. The fourth-order valence-corrected chi connectivity index (χ4v) is 1.96. The fourth-order valence-electron chi connectivity index (χ4n) is 1.51. The minimum absolute atomic E-state index is 0. The molecule has 0 bridgehead atoms. The Kier molecular flexibility index (Phi) is 7.97. The summed E-state index contributed by atoms with van der Waals surface area (Å²) < 4.78 is 132. The van der Waals surface area contributed by atoms with Crippen molar-refractivity contribution in [3.05, 3.63) is 0 Å². The van der Waals surface area contributed by atoms with Crippen LogP contribution in [0.15, 0.2) is 0 Å². The molecule has 4 N–H and O–H groups in total. The molecule has 0 aromatic rings. The van der Waals surface area contributed by atoms with E-state index in [0.717, 1.165) is 0 Å². The van der Waals surface area contributed by atoms with Crippen LogP contribution in [-0.2, 0) is 10.1 Å². The minimum atomic E-state index is -7.03. The summed E-state index contributed by atoms with van der Waals surface area (Å²) in [6.07, 6.45) is -1.66. The molecule has 0 unspecified atom stereocenters. The van der Waals surface area contributed by atoms with E-state index < -0.39 is 46.0 Å². The quantitative estimate of drug-likeness (QED) is 0.348. The monoisotopic (exact) mass is 383 g/mol. The average Bonchev–Trinajstić information content (AvgIpc) is 2.32. The highest BCUT2D eigenvalue weighted by Crippen LogP contribution is 2.55. The highest BCUT2D eigenvalue weighted by molar-refractivity contribution is 7.87. The third-order valence-corrected chi connectivity index (χ3v) is 3.79. The maximum absolute atomic E-state index is 13.2. The molecular formula is C10H17F8NO3S. The topological polar surface area (TPSA) is 89.4 Å².